The summed E-state index contributed by atoms with van der Waals surface area (Å²) in [5, 5.41) is 7.62. The van der Waals surface area contributed by atoms with Crippen LogP contribution < -0.4 is 19.8 Å². The molecular formula is C33H22N4O5. The third-order valence-corrected chi connectivity index (χ3v) is 7.72. The Labute approximate surface area is 238 Å². The third kappa shape index (κ3) is 3.56. The molecule has 7 aromatic rings. The summed E-state index contributed by atoms with van der Waals surface area (Å²) in [6, 6.07) is 26.9. The van der Waals surface area contributed by atoms with Gasteiger partial charge in [0.1, 0.15) is 23.4 Å². The van der Waals surface area contributed by atoms with Crippen LogP contribution in [-0.2, 0) is 0 Å². The number of nitrogens with zero attached hydrogens (tertiary/aromatic N) is 4. The molecule has 0 aliphatic carbocycles. The van der Waals surface area contributed by atoms with Gasteiger partial charge < -0.3 is 18.6 Å². The third-order valence-electron chi connectivity index (χ3n) is 7.72. The molecule has 1 atom stereocenters. The van der Waals surface area contributed by atoms with E-state index >= 15 is 0 Å². The van der Waals surface area contributed by atoms with Gasteiger partial charge in [-0.15, -0.1) is 5.10 Å². The van der Waals surface area contributed by atoms with E-state index in [-0.39, 0.29) is 0 Å². The average molecular weight is 555 g/mol. The summed E-state index contributed by atoms with van der Waals surface area (Å²) in [6.07, 6.45) is 1.57. The monoisotopic (exact) mass is 554 g/mol. The van der Waals surface area contributed by atoms with E-state index in [1.807, 2.05) is 54.6 Å². The van der Waals surface area contributed by atoms with Crippen molar-refractivity contribution in [3.8, 4) is 34.5 Å². The van der Waals surface area contributed by atoms with Crippen molar-refractivity contribution in [2.24, 2.45) is 0 Å². The lowest BCUT2D eigenvalue weighted by Crippen LogP contribution is -2.22. The van der Waals surface area contributed by atoms with E-state index in [0.717, 1.165) is 16.3 Å². The van der Waals surface area contributed by atoms with Crippen molar-refractivity contribution in [1.29, 1.82) is 0 Å². The molecule has 4 aromatic carbocycles. The molecule has 3 aromatic heterocycles. The zero-order valence-corrected chi connectivity index (χ0v) is 22.6. The van der Waals surface area contributed by atoms with Crippen molar-refractivity contribution in [3.05, 3.63) is 118 Å². The summed E-state index contributed by atoms with van der Waals surface area (Å²) < 4.78 is 25.2. The Hall–Kier alpha value is -5.70. The zero-order valence-electron chi connectivity index (χ0n) is 22.6. The van der Waals surface area contributed by atoms with E-state index in [2.05, 4.69) is 23.2 Å². The van der Waals surface area contributed by atoms with Gasteiger partial charge in [0.25, 0.3) is 0 Å². The molecule has 0 saturated heterocycles. The Balaban J connectivity index is 1.43. The minimum absolute atomic E-state index is 0.318. The van der Waals surface area contributed by atoms with Crippen molar-refractivity contribution in [2.45, 2.75) is 5.92 Å². The second-order valence-corrected chi connectivity index (χ2v) is 10.0. The molecule has 0 bridgehead atoms. The number of benzene rings is 4. The minimum atomic E-state index is -0.709. The zero-order chi connectivity index (χ0) is 28.4. The Morgan fingerprint density at radius 2 is 1.69 bits per heavy atom. The Morgan fingerprint density at radius 3 is 2.55 bits per heavy atom. The first-order valence-corrected chi connectivity index (χ1v) is 13.3. The van der Waals surface area contributed by atoms with Crippen LogP contribution >= 0.6 is 0 Å². The van der Waals surface area contributed by atoms with Crippen LogP contribution in [0.5, 0.6) is 23.1 Å². The minimum Gasteiger partial charge on any atom is -0.497 e. The predicted molar refractivity (Wildman–Crippen MR) is 157 cm³/mol. The summed E-state index contributed by atoms with van der Waals surface area (Å²) in [5.74, 6) is 1.67. The number of methoxy groups -OCH3 is 2. The maximum Gasteiger partial charge on any atom is 0.344 e. The smallest absolute Gasteiger partial charge is 0.344 e. The second-order valence-electron chi connectivity index (χ2n) is 10.0. The molecule has 1 aliphatic rings. The van der Waals surface area contributed by atoms with Gasteiger partial charge in [-0.25, -0.2) is 19.3 Å². The van der Waals surface area contributed by atoms with E-state index in [1.54, 1.807) is 37.2 Å². The first-order chi connectivity index (χ1) is 20.6. The molecule has 0 fully saturated rings. The largest absolute Gasteiger partial charge is 0.497 e. The van der Waals surface area contributed by atoms with Gasteiger partial charge in [0, 0.05) is 11.1 Å². The first-order valence-electron chi connectivity index (χ1n) is 13.3. The maximum atomic E-state index is 13.7. The van der Waals surface area contributed by atoms with Crippen LogP contribution in [-0.4, -0.2) is 33.8 Å². The molecule has 0 saturated carbocycles. The Kier molecular flexibility index (Phi) is 5.27. The van der Waals surface area contributed by atoms with Gasteiger partial charge in [-0.3, -0.25) is 0 Å². The molecule has 1 aliphatic heterocycles. The Morgan fingerprint density at radius 1 is 0.857 bits per heavy atom. The van der Waals surface area contributed by atoms with Crippen LogP contribution in [0, 0.1) is 0 Å². The molecule has 8 rings (SSSR count). The molecule has 4 heterocycles. The summed E-state index contributed by atoms with van der Waals surface area (Å²) in [7, 11) is 3.18. The lowest BCUT2D eigenvalue weighted by molar-refractivity contribution is 0.392. The van der Waals surface area contributed by atoms with Crippen LogP contribution in [0.3, 0.4) is 0 Å². The number of rotatable bonds is 4. The van der Waals surface area contributed by atoms with E-state index in [4.69, 9.17) is 28.7 Å². The van der Waals surface area contributed by atoms with Crippen LogP contribution in [0.2, 0.25) is 0 Å². The number of ether oxygens (including phenoxy) is 3. The van der Waals surface area contributed by atoms with Gasteiger partial charge in [-0.1, -0.05) is 48.5 Å². The van der Waals surface area contributed by atoms with E-state index < -0.39 is 11.5 Å². The highest BCUT2D eigenvalue weighted by Gasteiger charge is 2.39. The fourth-order valence-electron chi connectivity index (χ4n) is 5.76. The number of para-hydroxylation sites is 1. The maximum absolute atomic E-state index is 13.7. The number of hydrogen-bond acceptors (Lipinski definition) is 8. The van der Waals surface area contributed by atoms with Gasteiger partial charge in [-0.05, 0) is 47.2 Å². The van der Waals surface area contributed by atoms with Crippen LogP contribution in [0.25, 0.3) is 38.8 Å². The van der Waals surface area contributed by atoms with Gasteiger partial charge in [0.2, 0.25) is 5.88 Å². The molecule has 0 N–H and O–H groups in total. The Bertz CT molecular complexity index is 2250. The normalized spacial score (nSPS) is 14.0. The molecule has 0 amide bonds. The van der Waals surface area contributed by atoms with E-state index in [9.17, 15) is 4.79 Å². The van der Waals surface area contributed by atoms with Crippen molar-refractivity contribution in [3.63, 3.8) is 0 Å². The van der Waals surface area contributed by atoms with Crippen molar-refractivity contribution >= 4 is 27.4 Å². The quantitative estimate of drug-likeness (QED) is 0.232. The molecular weight excluding hydrogens is 532 g/mol. The lowest BCUT2D eigenvalue weighted by Gasteiger charge is -2.28. The van der Waals surface area contributed by atoms with Gasteiger partial charge in [0.05, 0.1) is 36.7 Å². The highest BCUT2D eigenvalue weighted by Crippen LogP contribution is 2.51. The molecule has 42 heavy (non-hydrogen) atoms. The molecule has 9 heteroatoms. The highest BCUT2D eigenvalue weighted by atomic mass is 16.5. The van der Waals surface area contributed by atoms with E-state index in [0.29, 0.717) is 62.3 Å². The summed E-state index contributed by atoms with van der Waals surface area (Å²) in [5.41, 5.74) is 2.80. The standard InChI is InChI=1S/C33H22N4O5/c1-39-21-13-14-24(40-2)23(16-21)26-27-29(22-9-5-6-10-25(22)41-33(27)38)42-32-28(26)31-35-30(36-37(31)17-34-32)20-12-11-18-7-3-4-8-19(18)15-20/h3-17,26H,1-2H3. The predicted octanol–water partition coefficient (Wildman–Crippen LogP) is 6.35. The summed E-state index contributed by atoms with van der Waals surface area (Å²) in [6.45, 7) is 0. The van der Waals surface area contributed by atoms with Gasteiger partial charge in [0.15, 0.2) is 17.2 Å². The second kappa shape index (κ2) is 9.17. The number of aromatic nitrogens is 4. The van der Waals surface area contributed by atoms with Gasteiger partial charge >= 0.3 is 5.63 Å². The summed E-state index contributed by atoms with van der Waals surface area (Å²) in [4.78, 5) is 23.3. The van der Waals surface area contributed by atoms with Crippen molar-refractivity contribution < 1.29 is 18.6 Å². The highest BCUT2D eigenvalue weighted by molar-refractivity contribution is 5.88. The lowest BCUT2D eigenvalue weighted by atomic mass is 9.83. The van der Waals surface area contributed by atoms with Crippen LogP contribution in [0.4, 0.5) is 0 Å². The van der Waals surface area contributed by atoms with Crippen LogP contribution in [0.15, 0.2) is 100 Å². The number of hydrogen-bond donors (Lipinski definition) is 0. The van der Waals surface area contributed by atoms with Crippen LogP contribution in [0.1, 0.15) is 22.6 Å². The van der Waals surface area contributed by atoms with Crippen molar-refractivity contribution in [2.75, 3.05) is 14.2 Å². The molecule has 1 unspecified atom stereocenters. The topological polar surface area (TPSA) is 101 Å². The summed E-state index contributed by atoms with van der Waals surface area (Å²) >= 11 is 0. The molecule has 204 valence electrons. The van der Waals surface area contributed by atoms with Crippen molar-refractivity contribution in [1.82, 2.24) is 19.6 Å². The van der Waals surface area contributed by atoms with E-state index in [1.165, 1.54) is 0 Å². The first kappa shape index (κ1) is 24.1. The average Bonchev–Trinajstić information content (AvgIpc) is 3.48. The number of fused-ring (bicyclic) bond motifs is 7. The molecule has 0 spiro atoms. The fourth-order valence-corrected chi connectivity index (χ4v) is 5.76. The SMILES string of the molecule is COc1ccc(OC)c(C2c3c(c4ccccc4oc3=O)Oc3ncn4nc(-c5ccc6ccccc6c5)nc4c32)c1. The van der Waals surface area contributed by atoms with Gasteiger partial charge in [-0.2, -0.15) is 0 Å². The molecule has 9 nitrogen and oxygen atoms in total. The fraction of sp³-hybridized carbons (Fsp3) is 0.0909. The molecule has 0 radical (unpaired) electrons.